The maximum Gasteiger partial charge on any atom is 0.253 e. The normalized spacial score (nSPS) is 15.2. The van der Waals surface area contributed by atoms with Gasteiger partial charge in [0.05, 0.1) is 0 Å². The van der Waals surface area contributed by atoms with E-state index in [0.29, 0.717) is 11.1 Å². The summed E-state index contributed by atoms with van der Waals surface area (Å²) in [5.74, 6) is 0.751. The fraction of sp³-hybridized carbons (Fsp3) is 0.406. The van der Waals surface area contributed by atoms with Gasteiger partial charge in [0.2, 0.25) is 0 Å². The zero-order valence-electron chi connectivity index (χ0n) is 24.6. The Morgan fingerprint density at radius 2 is 1.88 bits per heavy atom. The van der Waals surface area contributed by atoms with Gasteiger partial charge >= 0.3 is 0 Å². The standard InChI is InChI=1S/C32H40N6O2/c1-19(2)38-17-21(4)29-25(30(39)34-16-26-20(3)12-22(5)36-31(26)40)13-24(14-27(29)38)23-8-9-28(33-15-23)37-11-10-35-32(6,7)18-37/h8-9,12-15,17,19,35H,10-11,16,18H2,1-7H3,(H,34,39)(H,36,40). The SMILES string of the molecule is Cc1cc(C)c(CNC(=O)c2cc(-c3ccc(N4CCNC(C)(C)C4)nc3)cc3c2c(C)cn3C(C)C)c(=O)[nH]1. The summed E-state index contributed by atoms with van der Waals surface area (Å²) in [5.41, 5.74) is 6.63. The van der Waals surface area contributed by atoms with E-state index >= 15 is 0 Å². The molecule has 0 unspecified atom stereocenters. The van der Waals surface area contributed by atoms with Gasteiger partial charge in [-0.05, 0) is 95.5 Å². The van der Waals surface area contributed by atoms with Crippen LogP contribution in [0.1, 0.15) is 66.5 Å². The van der Waals surface area contributed by atoms with E-state index < -0.39 is 0 Å². The zero-order valence-corrected chi connectivity index (χ0v) is 24.6. The average Bonchev–Trinajstić information content (AvgIpc) is 3.23. The molecule has 4 aromatic rings. The number of aromatic amines is 1. The highest BCUT2D eigenvalue weighted by atomic mass is 16.1. The van der Waals surface area contributed by atoms with Gasteiger partial charge in [-0.2, -0.15) is 0 Å². The Hall–Kier alpha value is -3.91. The average molecular weight is 541 g/mol. The summed E-state index contributed by atoms with van der Waals surface area (Å²) in [5, 5.41) is 7.49. The number of pyridine rings is 2. The maximum atomic E-state index is 13.7. The van der Waals surface area contributed by atoms with E-state index in [1.807, 2.05) is 39.1 Å². The Labute approximate surface area is 235 Å². The van der Waals surface area contributed by atoms with Crippen LogP contribution < -0.4 is 21.1 Å². The lowest BCUT2D eigenvalue weighted by Crippen LogP contribution is -2.57. The molecule has 0 atom stereocenters. The van der Waals surface area contributed by atoms with Crippen LogP contribution in [0.15, 0.2) is 47.5 Å². The molecule has 8 heteroatoms. The molecule has 0 spiro atoms. The summed E-state index contributed by atoms with van der Waals surface area (Å²) in [7, 11) is 0. The minimum absolute atomic E-state index is 0.0357. The van der Waals surface area contributed by atoms with E-state index in [2.05, 4.69) is 77.2 Å². The minimum atomic E-state index is -0.205. The van der Waals surface area contributed by atoms with E-state index in [0.717, 1.165) is 64.3 Å². The highest BCUT2D eigenvalue weighted by Crippen LogP contribution is 2.33. The van der Waals surface area contributed by atoms with Crippen LogP contribution in [-0.2, 0) is 6.54 Å². The molecule has 5 rings (SSSR count). The van der Waals surface area contributed by atoms with Gasteiger partial charge < -0.3 is 25.1 Å². The van der Waals surface area contributed by atoms with Gasteiger partial charge in [0.15, 0.2) is 0 Å². The first kappa shape index (κ1) is 27.6. The molecule has 1 amide bonds. The van der Waals surface area contributed by atoms with Crippen molar-refractivity contribution >= 4 is 22.6 Å². The number of piperazine rings is 1. The van der Waals surface area contributed by atoms with Crippen molar-refractivity contribution in [2.24, 2.45) is 0 Å². The summed E-state index contributed by atoms with van der Waals surface area (Å²) in [6.07, 6.45) is 4.01. The molecule has 0 bridgehead atoms. The fourth-order valence-corrected chi connectivity index (χ4v) is 5.81. The fourth-order valence-electron chi connectivity index (χ4n) is 5.81. The second-order valence-electron chi connectivity index (χ2n) is 12.0. The van der Waals surface area contributed by atoms with Gasteiger partial charge in [-0.1, -0.05) is 0 Å². The molecular weight excluding hydrogens is 500 g/mol. The molecule has 1 aromatic carbocycles. The number of H-pyrrole nitrogens is 1. The van der Waals surface area contributed by atoms with Gasteiger partial charge in [-0.15, -0.1) is 0 Å². The predicted octanol–water partition coefficient (Wildman–Crippen LogP) is 5.02. The Morgan fingerprint density at radius 3 is 2.52 bits per heavy atom. The molecule has 1 aliphatic rings. The Balaban J connectivity index is 1.52. The number of carbonyl (C=O) groups excluding carboxylic acids is 1. The molecule has 1 aliphatic heterocycles. The van der Waals surface area contributed by atoms with E-state index in [1.165, 1.54) is 0 Å². The summed E-state index contributed by atoms with van der Waals surface area (Å²) < 4.78 is 2.21. The highest BCUT2D eigenvalue weighted by Gasteiger charge is 2.26. The van der Waals surface area contributed by atoms with Crippen LogP contribution in [0.5, 0.6) is 0 Å². The van der Waals surface area contributed by atoms with Crippen LogP contribution >= 0.6 is 0 Å². The van der Waals surface area contributed by atoms with Crippen LogP contribution in [-0.4, -0.2) is 45.6 Å². The molecule has 1 saturated heterocycles. The van der Waals surface area contributed by atoms with Crippen molar-refractivity contribution in [2.75, 3.05) is 24.5 Å². The molecule has 0 aliphatic carbocycles. The summed E-state index contributed by atoms with van der Waals surface area (Å²) in [6, 6.07) is 10.4. The molecule has 0 saturated carbocycles. The number of anilines is 1. The Morgan fingerprint density at radius 1 is 1.10 bits per heavy atom. The molecule has 3 aromatic heterocycles. The summed E-state index contributed by atoms with van der Waals surface area (Å²) in [4.78, 5) is 36.2. The number of nitrogens with one attached hydrogen (secondary N) is 3. The lowest BCUT2D eigenvalue weighted by Gasteiger charge is -2.39. The van der Waals surface area contributed by atoms with Crippen LogP contribution in [0.3, 0.4) is 0 Å². The number of rotatable bonds is 6. The van der Waals surface area contributed by atoms with Gasteiger partial charge in [0.25, 0.3) is 11.5 Å². The number of amides is 1. The van der Waals surface area contributed by atoms with E-state index in [9.17, 15) is 9.59 Å². The van der Waals surface area contributed by atoms with Crippen molar-refractivity contribution in [3.63, 3.8) is 0 Å². The second-order valence-corrected chi connectivity index (χ2v) is 12.0. The topological polar surface area (TPSA) is 95.1 Å². The van der Waals surface area contributed by atoms with Gasteiger partial charge in [0, 0.05) is 83.4 Å². The highest BCUT2D eigenvalue weighted by molar-refractivity contribution is 6.09. The Bertz CT molecular complexity index is 1630. The summed E-state index contributed by atoms with van der Waals surface area (Å²) >= 11 is 0. The van der Waals surface area contributed by atoms with Gasteiger partial charge in [-0.3, -0.25) is 9.59 Å². The molecule has 40 heavy (non-hydrogen) atoms. The lowest BCUT2D eigenvalue weighted by atomic mass is 9.98. The van der Waals surface area contributed by atoms with Gasteiger partial charge in [-0.25, -0.2) is 4.98 Å². The van der Waals surface area contributed by atoms with Crippen molar-refractivity contribution < 1.29 is 4.79 Å². The molecular formula is C32H40N6O2. The van der Waals surface area contributed by atoms with Crippen molar-refractivity contribution in [1.82, 2.24) is 25.2 Å². The van der Waals surface area contributed by atoms with E-state index in [-0.39, 0.29) is 29.6 Å². The Kier molecular flexibility index (Phi) is 7.31. The molecule has 3 N–H and O–H groups in total. The van der Waals surface area contributed by atoms with Gasteiger partial charge in [0.1, 0.15) is 5.82 Å². The van der Waals surface area contributed by atoms with Crippen molar-refractivity contribution in [3.05, 3.63) is 81.0 Å². The lowest BCUT2D eigenvalue weighted by molar-refractivity contribution is 0.0952. The van der Waals surface area contributed by atoms with Crippen LogP contribution in [0.4, 0.5) is 5.82 Å². The first-order chi connectivity index (χ1) is 18.9. The van der Waals surface area contributed by atoms with Crippen molar-refractivity contribution in [3.8, 4) is 11.1 Å². The van der Waals surface area contributed by atoms with Crippen molar-refractivity contribution in [2.45, 2.75) is 66.6 Å². The van der Waals surface area contributed by atoms with E-state index in [1.54, 1.807) is 0 Å². The maximum absolute atomic E-state index is 13.7. The number of hydrogen-bond acceptors (Lipinski definition) is 5. The number of fused-ring (bicyclic) bond motifs is 1. The smallest absolute Gasteiger partial charge is 0.253 e. The third-order valence-electron chi connectivity index (χ3n) is 7.82. The third-order valence-corrected chi connectivity index (χ3v) is 7.82. The number of benzene rings is 1. The van der Waals surface area contributed by atoms with E-state index in [4.69, 9.17) is 4.98 Å². The summed E-state index contributed by atoms with van der Waals surface area (Å²) in [6.45, 7) is 17.4. The van der Waals surface area contributed by atoms with Crippen molar-refractivity contribution in [1.29, 1.82) is 0 Å². The first-order valence-electron chi connectivity index (χ1n) is 14.0. The number of carbonyl (C=O) groups is 1. The molecule has 8 nitrogen and oxygen atoms in total. The van der Waals surface area contributed by atoms with Crippen LogP contribution in [0.2, 0.25) is 0 Å². The number of hydrogen-bond donors (Lipinski definition) is 3. The first-order valence-corrected chi connectivity index (χ1v) is 14.0. The molecule has 0 radical (unpaired) electrons. The second kappa shape index (κ2) is 10.6. The van der Waals surface area contributed by atoms with Crippen LogP contribution in [0, 0.1) is 20.8 Å². The molecule has 210 valence electrons. The molecule has 4 heterocycles. The molecule has 1 fully saturated rings. The third kappa shape index (κ3) is 5.41. The quantitative estimate of drug-likeness (QED) is 0.319. The minimum Gasteiger partial charge on any atom is -0.354 e. The monoisotopic (exact) mass is 540 g/mol. The predicted molar refractivity (Wildman–Crippen MR) is 162 cm³/mol. The number of nitrogens with zero attached hydrogens (tertiary/aromatic N) is 3. The van der Waals surface area contributed by atoms with Crippen LogP contribution in [0.25, 0.3) is 22.0 Å². The number of aryl methyl sites for hydroxylation is 3. The zero-order chi connectivity index (χ0) is 28.8. The number of aromatic nitrogens is 3. The largest absolute Gasteiger partial charge is 0.354 e.